The van der Waals surface area contributed by atoms with Gasteiger partial charge in [-0.25, -0.2) is 0 Å². The van der Waals surface area contributed by atoms with E-state index in [1.54, 1.807) is 0 Å². The number of halogens is 1. The van der Waals surface area contributed by atoms with Crippen LogP contribution in [0, 0.1) is 0 Å². The Bertz CT molecular complexity index is 828. The molecular weight excluding hydrogens is 495 g/mol. The molecule has 2 heterocycles. The summed E-state index contributed by atoms with van der Waals surface area (Å²) in [6.45, 7) is 5.18. The van der Waals surface area contributed by atoms with Crippen LogP contribution in [-0.4, -0.2) is 56.9 Å². The highest BCUT2D eigenvalue weighted by Crippen LogP contribution is 2.32. The van der Waals surface area contributed by atoms with Crippen LogP contribution in [0.5, 0.6) is 11.5 Å². The summed E-state index contributed by atoms with van der Waals surface area (Å²) in [6.07, 6.45) is 0.878. The zero-order chi connectivity index (χ0) is 19.9. The van der Waals surface area contributed by atoms with Crippen molar-refractivity contribution in [1.82, 2.24) is 4.90 Å². The van der Waals surface area contributed by atoms with Gasteiger partial charge in [0.1, 0.15) is 0 Å². The van der Waals surface area contributed by atoms with Crippen LogP contribution in [-0.2, 0) is 4.74 Å². The summed E-state index contributed by atoms with van der Waals surface area (Å²) in [5.74, 6) is 1.88. The van der Waals surface area contributed by atoms with E-state index in [1.165, 1.54) is 5.56 Å². The number of nitrogens with zero attached hydrogens (tertiary/aromatic N) is 2. The number of nitrogens with two attached hydrogens (primary N) is 1. The second-order valence-corrected chi connectivity index (χ2v) is 7.14. The van der Waals surface area contributed by atoms with Gasteiger partial charge in [0.05, 0.1) is 39.0 Å². The molecule has 0 amide bonds. The topological polar surface area (TPSA) is 81.3 Å². The normalized spacial score (nSPS) is 18.1. The van der Waals surface area contributed by atoms with Crippen molar-refractivity contribution >= 4 is 35.6 Å². The van der Waals surface area contributed by atoms with Crippen LogP contribution in [0.25, 0.3) is 0 Å². The minimum Gasteiger partial charge on any atom is -0.490 e. The number of hydrogen-bond donors (Lipinski definition) is 2. The van der Waals surface area contributed by atoms with E-state index in [9.17, 15) is 0 Å². The van der Waals surface area contributed by atoms with Crippen LogP contribution < -0.4 is 20.5 Å². The molecule has 2 aliphatic rings. The number of ether oxygens (including phenoxy) is 3. The number of fused-ring (bicyclic) bond motifs is 1. The summed E-state index contributed by atoms with van der Waals surface area (Å²) in [4.78, 5) is 7.04. The molecule has 2 aromatic rings. The van der Waals surface area contributed by atoms with E-state index in [2.05, 4.69) is 39.5 Å². The molecule has 8 heteroatoms. The third-order valence-corrected chi connectivity index (χ3v) is 5.13. The first-order valence-corrected chi connectivity index (χ1v) is 10.1. The number of rotatable bonds is 5. The van der Waals surface area contributed by atoms with Gasteiger partial charge in [0.25, 0.3) is 0 Å². The number of morpholine rings is 1. The van der Waals surface area contributed by atoms with Crippen molar-refractivity contribution < 1.29 is 14.2 Å². The maximum Gasteiger partial charge on any atom is 0.193 e. The van der Waals surface area contributed by atoms with E-state index in [0.717, 1.165) is 49.9 Å². The largest absolute Gasteiger partial charge is 0.490 e. The van der Waals surface area contributed by atoms with E-state index in [1.807, 2.05) is 24.3 Å². The van der Waals surface area contributed by atoms with E-state index in [0.29, 0.717) is 25.7 Å². The van der Waals surface area contributed by atoms with E-state index in [-0.39, 0.29) is 30.0 Å². The molecule has 7 nitrogen and oxygen atoms in total. The first-order valence-electron chi connectivity index (χ1n) is 10.1. The summed E-state index contributed by atoms with van der Waals surface area (Å²) in [6, 6.07) is 16.3. The summed E-state index contributed by atoms with van der Waals surface area (Å²) < 4.78 is 16.9. The zero-order valence-corrected chi connectivity index (χ0v) is 19.3. The molecule has 4 rings (SSSR count). The molecule has 0 aliphatic carbocycles. The van der Waals surface area contributed by atoms with Gasteiger partial charge in [0.15, 0.2) is 17.5 Å². The summed E-state index contributed by atoms with van der Waals surface area (Å²) in [5, 5.41) is 3.17. The van der Waals surface area contributed by atoms with Gasteiger partial charge in [-0.1, -0.05) is 30.3 Å². The van der Waals surface area contributed by atoms with Gasteiger partial charge in [-0.3, -0.25) is 9.89 Å². The van der Waals surface area contributed by atoms with Crippen molar-refractivity contribution in [3.8, 4) is 11.5 Å². The van der Waals surface area contributed by atoms with E-state index in [4.69, 9.17) is 19.9 Å². The quantitative estimate of drug-likeness (QED) is 0.355. The van der Waals surface area contributed by atoms with Gasteiger partial charge in [-0.15, -0.1) is 24.0 Å². The highest BCUT2D eigenvalue weighted by Gasteiger charge is 2.22. The molecule has 0 bridgehead atoms. The summed E-state index contributed by atoms with van der Waals surface area (Å²) in [7, 11) is 0. The first-order chi connectivity index (χ1) is 14.3. The molecule has 1 unspecified atom stereocenters. The minimum absolute atomic E-state index is 0. The number of hydrogen-bond acceptors (Lipinski definition) is 5. The van der Waals surface area contributed by atoms with Gasteiger partial charge in [0, 0.05) is 31.3 Å². The second kappa shape index (κ2) is 11.4. The van der Waals surface area contributed by atoms with Crippen molar-refractivity contribution in [2.24, 2.45) is 10.7 Å². The monoisotopic (exact) mass is 524 g/mol. The lowest BCUT2D eigenvalue weighted by atomic mass is 10.1. The fourth-order valence-electron chi connectivity index (χ4n) is 3.61. The molecule has 0 aromatic heterocycles. The number of guanidine groups is 1. The lowest BCUT2D eigenvalue weighted by Crippen LogP contribution is -2.40. The molecule has 1 saturated heterocycles. The predicted octanol–water partition coefficient (Wildman–Crippen LogP) is 3.27. The van der Waals surface area contributed by atoms with Crippen molar-refractivity contribution in [2.75, 3.05) is 51.4 Å². The lowest BCUT2D eigenvalue weighted by Gasteiger charge is -2.34. The van der Waals surface area contributed by atoms with Gasteiger partial charge >= 0.3 is 0 Å². The Morgan fingerprint density at radius 1 is 1.00 bits per heavy atom. The van der Waals surface area contributed by atoms with Gasteiger partial charge in [0.2, 0.25) is 0 Å². The molecular formula is C22H29IN4O3. The van der Waals surface area contributed by atoms with Gasteiger partial charge in [-0.2, -0.15) is 0 Å². The molecule has 0 spiro atoms. The highest BCUT2D eigenvalue weighted by molar-refractivity contribution is 14.0. The third-order valence-electron chi connectivity index (χ3n) is 5.13. The minimum atomic E-state index is 0. The number of nitrogens with one attached hydrogen (secondary N) is 1. The zero-order valence-electron chi connectivity index (χ0n) is 17.0. The smallest absolute Gasteiger partial charge is 0.193 e. The van der Waals surface area contributed by atoms with Crippen LogP contribution in [0.3, 0.4) is 0 Å². The van der Waals surface area contributed by atoms with Crippen molar-refractivity contribution in [3.05, 3.63) is 54.1 Å². The highest BCUT2D eigenvalue weighted by atomic mass is 127. The average Bonchev–Trinajstić information content (AvgIpc) is 3.00. The maximum absolute atomic E-state index is 6.19. The second-order valence-electron chi connectivity index (χ2n) is 7.14. The average molecular weight is 524 g/mol. The number of anilines is 1. The summed E-state index contributed by atoms with van der Waals surface area (Å²) in [5.41, 5.74) is 8.26. The molecule has 2 aromatic carbocycles. The van der Waals surface area contributed by atoms with Crippen LogP contribution in [0.1, 0.15) is 18.0 Å². The summed E-state index contributed by atoms with van der Waals surface area (Å²) >= 11 is 0. The predicted molar refractivity (Wildman–Crippen MR) is 129 cm³/mol. The molecule has 1 fully saturated rings. The van der Waals surface area contributed by atoms with Crippen molar-refractivity contribution in [1.29, 1.82) is 0 Å². The Morgan fingerprint density at radius 3 is 2.50 bits per heavy atom. The fraction of sp³-hybridized carbons (Fsp3) is 0.409. The Morgan fingerprint density at radius 2 is 1.73 bits per heavy atom. The van der Waals surface area contributed by atoms with E-state index >= 15 is 0 Å². The Hall–Kier alpha value is -2.04. The van der Waals surface area contributed by atoms with Gasteiger partial charge in [-0.05, 0) is 17.7 Å². The SMILES string of the molecule is I.NC(=NCC(c1ccccc1)N1CCOCC1)Nc1ccc2c(c1)OCCCO2. The molecule has 0 radical (unpaired) electrons. The molecule has 1 atom stereocenters. The maximum atomic E-state index is 6.19. The number of aliphatic imine (C=N–C) groups is 1. The molecule has 2 aliphatic heterocycles. The fourth-order valence-corrected chi connectivity index (χ4v) is 3.61. The van der Waals surface area contributed by atoms with Crippen LogP contribution in [0.2, 0.25) is 0 Å². The Kier molecular flexibility index (Phi) is 8.59. The third kappa shape index (κ3) is 5.99. The van der Waals surface area contributed by atoms with Crippen LogP contribution in [0.15, 0.2) is 53.5 Å². The van der Waals surface area contributed by atoms with Crippen molar-refractivity contribution in [2.45, 2.75) is 12.5 Å². The Balaban J connectivity index is 0.00000256. The molecule has 3 N–H and O–H groups in total. The molecule has 162 valence electrons. The van der Waals surface area contributed by atoms with Crippen molar-refractivity contribution in [3.63, 3.8) is 0 Å². The van der Waals surface area contributed by atoms with Gasteiger partial charge < -0.3 is 25.3 Å². The molecule has 30 heavy (non-hydrogen) atoms. The van der Waals surface area contributed by atoms with E-state index < -0.39 is 0 Å². The number of benzene rings is 2. The Labute approximate surface area is 194 Å². The molecule has 0 saturated carbocycles. The first kappa shape index (κ1) is 22.6. The standard InChI is InChI=1S/C22H28N4O3.HI/c23-22(25-18-7-8-20-21(15-18)29-12-4-11-28-20)24-16-19(17-5-2-1-3-6-17)26-9-13-27-14-10-26;/h1-3,5-8,15,19H,4,9-14,16H2,(H3,23,24,25);1H. The lowest BCUT2D eigenvalue weighted by molar-refractivity contribution is 0.0180. The van der Waals surface area contributed by atoms with Crippen LogP contribution >= 0.6 is 24.0 Å². The van der Waals surface area contributed by atoms with Crippen LogP contribution in [0.4, 0.5) is 5.69 Å².